The fraction of sp³-hybridized carbons (Fsp3) is 0.400. The van der Waals surface area contributed by atoms with E-state index in [0.717, 1.165) is 35.3 Å². The Kier molecular flexibility index (Phi) is 11.1. The number of unbranched alkanes of at least 4 members (excludes halogenated alkanes) is 3. The SMILES string of the molecule is CC.Cc1ccc(-c2cc(-c3ncc(CCCCCCC(F)(F)F)s3)[nH]c(=O)c2/C(=N/N)NN)cc1. The van der Waals surface area contributed by atoms with Gasteiger partial charge in [0.1, 0.15) is 5.01 Å². The molecular formula is C25H33F3N6OS. The molecule has 0 saturated heterocycles. The second-order valence-corrected chi connectivity index (χ2v) is 9.07. The third-order valence-corrected chi connectivity index (χ3v) is 6.41. The molecule has 0 unspecified atom stereocenters. The van der Waals surface area contributed by atoms with Crippen LogP contribution in [-0.4, -0.2) is 22.0 Å². The summed E-state index contributed by atoms with van der Waals surface area (Å²) in [5.41, 5.74) is 5.17. The predicted molar refractivity (Wildman–Crippen MR) is 141 cm³/mol. The fourth-order valence-corrected chi connectivity index (χ4v) is 4.50. The number of halogens is 3. The van der Waals surface area contributed by atoms with E-state index in [1.807, 2.05) is 51.1 Å². The van der Waals surface area contributed by atoms with Crippen molar-refractivity contribution >= 4 is 17.2 Å². The molecule has 0 radical (unpaired) electrons. The number of H-pyrrole nitrogens is 1. The summed E-state index contributed by atoms with van der Waals surface area (Å²) in [4.78, 5) is 21.3. The van der Waals surface area contributed by atoms with E-state index in [-0.39, 0.29) is 17.8 Å². The minimum atomic E-state index is -4.09. The lowest BCUT2D eigenvalue weighted by atomic mass is 9.98. The van der Waals surface area contributed by atoms with Gasteiger partial charge in [0.15, 0.2) is 5.84 Å². The van der Waals surface area contributed by atoms with Crippen LogP contribution >= 0.6 is 11.3 Å². The van der Waals surface area contributed by atoms with E-state index >= 15 is 0 Å². The Morgan fingerprint density at radius 3 is 2.42 bits per heavy atom. The third kappa shape index (κ3) is 8.20. The highest BCUT2D eigenvalue weighted by atomic mass is 32.1. The lowest BCUT2D eigenvalue weighted by molar-refractivity contribution is -0.135. The van der Waals surface area contributed by atoms with E-state index in [9.17, 15) is 18.0 Å². The van der Waals surface area contributed by atoms with Crippen LogP contribution in [0, 0.1) is 6.92 Å². The Labute approximate surface area is 212 Å². The number of aromatic nitrogens is 2. The van der Waals surface area contributed by atoms with Crippen LogP contribution in [0.1, 0.15) is 62.0 Å². The molecule has 1 aromatic carbocycles. The van der Waals surface area contributed by atoms with Crippen molar-refractivity contribution in [3.8, 4) is 21.8 Å². The summed E-state index contributed by atoms with van der Waals surface area (Å²) in [6.45, 7) is 5.97. The maximum atomic E-state index is 13.0. The van der Waals surface area contributed by atoms with Gasteiger partial charge in [0.05, 0.1) is 11.3 Å². The molecule has 0 atom stereocenters. The van der Waals surface area contributed by atoms with Crippen LogP contribution < -0.4 is 22.7 Å². The normalized spacial score (nSPS) is 11.7. The highest BCUT2D eigenvalue weighted by Crippen LogP contribution is 2.30. The average Bonchev–Trinajstić information content (AvgIpc) is 3.33. The van der Waals surface area contributed by atoms with E-state index in [2.05, 4.69) is 20.5 Å². The number of nitrogens with two attached hydrogens (primary N) is 2. The Morgan fingerprint density at radius 2 is 1.81 bits per heavy atom. The topological polar surface area (TPSA) is 122 Å². The Morgan fingerprint density at radius 1 is 1.14 bits per heavy atom. The average molecular weight is 523 g/mol. The van der Waals surface area contributed by atoms with Crippen LogP contribution in [0.25, 0.3) is 21.8 Å². The van der Waals surface area contributed by atoms with Crippen molar-refractivity contribution in [3.63, 3.8) is 0 Å². The zero-order valence-corrected chi connectivity index (χ0v) is 21.5. The summed E-state index contributed by atoms with van der Waals surface area (Å²) in [5, 5.41) is 4.24. The number of hydrazone groups is 1. The van der Waals surface area contributed by atoms with Gasteiger partial charge in [0.2, 0.25) is 0 Å². The van der Waals surface area contributed by atoms with E-state index < -0.39 is 18.2 Å². The number of aryl methyl sites for hydroxylation is 2. The van der Waals surface area contributed by atoms with Gasteiger partial charge in [-0.05, 0) is 37.8 Å². The number of amidine groups is 1. The highest BCUT2D eigenvalue weighted by molar-refractivity contribution is 7.15. The van der Waals surface area contributed by atoms with E-state index in [1.165, 1.54) is 11.3 Å². The maximum Gasteiger partial charge on any atom is 0.389 e. The van der Waals surface area contributed by atoms with Crippen LogP contribution in [0.15, 0.2) is 46.4 Å². The molecule has 0 spiro atoms. The Balaban J connectivity index is 0.00000222. The van der Waals surface area contributed by atoms with Gasteiger partial charge in [0.25, 0.3) is 5.56 Å². The summed E-state index contributed by atoms with van der Waals surface area (Å²) in [5.74, 6) is 11.0. The van der Waals surface area contributed by atoms with Crippen LogP contribution in [0.4, 0.5) is 13.2 Å². The van der Waals surface area contributed by atoms with Gasteiger partial charge in [-0.1, -0.05) is 56.5 Å². The molecule has 11 heteroatoms. The van der Waals surface area contributed by atoms with Crippen LogP contribution in [0.5, 0.6) is 0 Å². The standard InChI is InChI=1S/C23H27F3N6OS.C2H6/c1-14-7-9-15(10-8-14)17-12-18(30-21(33)19(17)20(31-27)32-28)22-29-13-16(34-22)6-4-2-3-5-11-23(24,25)26;1-2/h7-10,12-13H,2-6,11,27-28H2,1H3,(H,30,33)(H,31,32);1-2H3. The fourth-order valence-electron chi connectivity index (χ4n) is 3.57. The maximum absolute atomic E-state index is 13.0. The van der Waals surface area contributed by atoms with Gasteiger partial charge in [0, 0.05) is 23.1 Å². The molecule has 3 rings (SSSR count). The van der Waals surface area contributed by atoms with Crippen molar-refractivity contribution in [2.45, 2.75) is 65.5 Å². The second kappa shape index (κ2) is 13.8. The monoisotopic (exact) mass is 522 g/mol. The van der Waals surface area contributed by atoms with Crippen LogP contribution in [0.3, 0.4) is 0 Å². The summed E-state index contributed by atoms with van der Waals surface area (Å²) in [6, 6.07) is 9.47. The van der Waals surface area contributed by atoms with Gasteiger partial charge < -0.3 is 16.3 Å². The molecule has 36 heavy (non-hydrogen) atoms. The van der Waals surface area contributed by atoms with Gasteiger partial charge in [-0.15, -0.1) is 11.3 Å². The number of hydrazine groups is 1. The van der Waals surface area contributed by atoms with Crippen LogP contribution in [-0.2, 0) is 6.42 Å². The summed E-state index contributed by atoms with van der Waals surface area (Å²) < 4.78 is 36.7. The quantitative estimate of drug-likeness (QED) is 0.0953. The highest BCUT2D eigenvalue weighted by Gasteiger charge is 2.25. The number of benzene rings is 1. The lowest BCUT2D eigenvalue weighted by Crippen LogP contribution is -2.36. The summed E-state index contributed by atoms with van der Waals surface area (Å²) in [6.07, 6.45) is -0.173. The molecule has 7 nitrogen and oxygen atoms in total. The van der Waals surface area contributed by atoms with Gasteiger partial charge in [-0.3, -0.25) is 4.79 Å². The number of pyridine rings is 1. The molecule has 3 aromatic rings. The molecule has 0 bridgehead atoms. The molecule has 0 aliphatic rings. The number of hydrogen-bond donors (Lipinski definition) is 4. The number of nitrogens with one attached hydrogen (secondary N) is 2. The molecule has 0 saturated carbocycles. The molecule has 0 amide bonds. The number of nitrogens with zero attached hydrogens (tertiary/aromatic N) is 2. The Bertz CT molecular complexity index is 1190. The molecule has 6 N–H and O–H groups in total. The van der Waals surface area contributed by atoms with Gasteiger partial charge in [-0.2, -0.15) is 18.3 Å². The van der Waals surface area contributed by atoms with Crippen molar-refractivity contribution in [1.29, 1.82) is 0 Å². The molecule has 2 aromatic heterocycles. The summed E-state index contributed by atoms with van der Waals surface area (Å²) in [7, 11) is 0. The van der Waals surface area contributed by atoms with Crippen LogP contribution in [0.2, 0.25) is 0 Å². The first-order valence-electron chi connectivity index (χ1n) is 11.8. The Hall–Kier alpha value is -3.18. The number of thiazole rings is 1. The number of alkyl halides is 3. The first kappa shape index (κ1) is 29.1. The largest absolute Gasteiger partial charge is 0.389 e. The zero-order chi connectivity index (χ0) is 26.7. The van der Waals surface area contributed by atoms with E-state index in [4.69, 9.17) is 11.7 Å². The third-order valence-electron chi connectivity index (χ3n) is 5.32. The molecule has 2 heterocycles. The van der Waals surface area contributed by atoms with Crippen molar-refractivity contribution < 1.29 is 13.2 Å². The molecule has 0 aliphatic heterocycles. The minimum Gasteiger partial charge on any atom is -0.321 e. The van der Waals surface area contributed by atoms with Crippen molar-refractivity contribution in [2.24, 2.45) is 16.8 Å². The van der Waals surface area contributed by atoms with Gasteiger partial charge >= 0.3 is 6.18 Å². The number of rotatable bonds is 9. The van der Waals surface area contributed by atoms with Crippen molar-refractivity contribution in [3.05, 3.63) is 62.9 Å². The molecular weight excluding hydrogens is 489 g/mol. The lowest BCUT2D eigenvalue weighted by Gasteiger charge is -2.12. The van der Waals surface area contributed by atoms with Crippen molar-refractivity contribution in [2.75, 3.05) is 0 Å². The molecule has 0 aliphatic carbocycles. The van der Waals surface area contributed by atoms with Crippen molar-refractivity contribution in [1.82, 2.24) is 15.4 Å². The van der Waals surface area contributed by atoms with E-state index in [0.29, 0.717) is 22.7 Å². The number of hydrogen-bond acceptors (Lipinski definition) is 6. The molecule has 196 valence electrons. The van der Waals surface area contributed by atoms with E-state index in [1.54, 1.807) is 6.20 Å². The van der Waals surface area contributed by atoms with Gasteiger partial charge in [-0.25, -0.2) is 10.8 Å². The smallest absolute Gasteiger partial charge is 0.321 e. The predicted octanol–water partition coefficient (Wildman–Crippen LogP) is 5.64. The zero-order valence-electron chi connectivity index (χ0n) is 20.7. The first-order chi connectivity index (χ1) is 17.2. The molecule has 0 fully saturated rings. The minimum absolute atomic E-state index is 0.0497. The summed E-state index contributed by atoms with van der Waals surface area (Å²) >= 11 is 1.44. The first-order valence-corrected chi connectivity index (χ1v) is 12.6. The number of aromatic amines is 1. The second-order valence-electron chi connectivity index (χ2n) is 7.95.